The van der Waals surface area contributed by atoms with Crippen LogP contribution in [0, 0.1) is 0 Å². The van der Waals surface area contributed by atoms with Gasteiger partial charge in [-0.05, 0) is 36.5 Å². The number of hydrogen-bond acceptors (Lipinski definition) is 10. The molecule has 0 radical (unpaired) electrons. The first-order valence-corrected chi connectivity index (χ1v) is 18.5. The van der Waals surface area contributed by atoms with Gasteiger partial charge in [0.1, 0.15) is 0 Å². The van der Waals surface area contributed by atoms with Gasteiger partial charge in [-0.3, -0.25) is 9.59 Å². The molecule has 3 saturated heterocycles. The van der Waals surface area contributed by atoms with Crippen LogP contribution in [0.5, 0.6) is 0 Å². The number of thioether (sulfide) groups is 1. The van der Waals surface area contributed by atoms with Crippen LogP contribution in [0.15, 0.2) is 36.7 Å². The molecule has 1 aromatic rings. The Morgan fingerprint density at radius 3 is 2.17 bits per heavy atom. The van der Waals surface area contributed by atoms with E-state index >= 15 is 0 Å². The van der Waals surface area contributed by atoms with E-state index in [1.54, 1.807) is 0 Å². The van der Waals surface area contributed by atoms with Crippen molar-refractivity contribution in [1.29, 1.82) is 0 Å². The van der Waals surface area contributed by atoms with E-state index in [9.17, 15) is 9.59 Å². The smallest absolute Gasteiger partial charge is 0.225 e. The Bertz CT molecular complexity index is 1080. The van der Waals surface area contributed by atoms with E-state index < -0.39 is 0 Å². The Morgan fingerprint density at radius 2 is 1.51 bits per heavy atom. The summed E-state index contributed by atoms with van der Waals surface area (Å²) in [4.78, 5) is 28.9. The van der Waals surface area contributed by atoms with Gasteiger partial charge in [-0.1, -0.05) is 39.0 Å². The molecule has 12 heteroatoms. The summed E-state index contributed by atoms with van der Waals surface area (Å²) < 4.78 is 22.2. The van der Waals surface area contributed by atoms with Crippen molar-refractivity contribution in [2.45, 2.75) is 69.2 Å². The Balaban J connectivity index is 0.862. The number of rotatable bonds is 22. The Kier molecular flexibility index (Phi) is 16.5. The molecule has 0 bridgehead atoms. The monoisotopic (exact) mass is 675 g/mol. The zero-order valence-electron chi connectivity index (χ0n) is 28.5. The van der Waals surface area contributed by atoms with Crippen LogP contribution in [0.2, 0.25) is 0 Å². The lowest BCUT2D eigenvalue weighted by atomic mass is 10.0. The predicted molar refractivity (Wildman–Crippen MR) is 188 cm³/mol. The zero-order valence-corrected chi connectivity index (χ0v) is 29.3. The predicted octanol–water partition coefficient (Wildman–Crippen LogP) is 3.11. The Hall–Kier alpha value is -2.51. The molecule has 264 valence electrons. The van der Waals surface area contributed by atoms with Crippen molar-refractivity contribution < 1.29 is 28.5 Å². The fourth-order valence-electron chi connectivity index (χ4n) is 6.09. The lowest BCUT2D eigenvalue weighted by molar-refractivity contribution is -0.132. The normalized spacial score (nSPS) is 20.7. The van der Waals surface area contributed by atoms with Gasteiger partial charge in [-0.15, -0.1) is 0 Å². The minimum atomic E-state index is 0.0845. The highest BCUT2D eigenvalue weighted by Gasteiger charge is 2.40. The number of carbonyl (C=O) groups is 2. The molecule has 3 fully saturated rings. The van der Waals surface area contributed by atoms with Gasteiger partial charge in [-0.2, -0.15) is 11.8 Å². The first-order chi connectivity index (χ1) is 22.9. The van der Waals surface area contributed by atoms with Gasteiger partial charge in [-0.25, -0.2) is 0 Å². The molecule has 3 aliphatic heterocycles. The molecule has 0 aromatic heterocycles. The highest BCUT2D eigenvalue weighted by Crippen LogP contribution is 2.34. The molecule has 1 aromatic carbocycles. The van der Waals surface area contributed by atoms with Crippen LogP contribution >= 0.6 is 11.8 Å². The van der Waals surface area contributed by atoms with Crippen molar-refractivity contribution in [3.8, 4) is 0 Å². The molecule has 0 aliphatic carbocycles. The Labute approximate surface area is 285 Å². The molecular formula is C35H57N5O6S. The van der Waals surface area contributed by atoms with Crippen molar-refractivity contribution in [1.82, 2.24) is 20.9 Å². The van der Waals surface area contributed by atoms with Crippen LogP contribution in [-0.2, 0) is 28.5 Å². The highest BCUT2D eigenvalue weighted by molar-refractivity contribution is 8.00. The van der Waals surface area contributed by atoms with Crippen LogP contribution in [0.3, 0.4) is 0 Å². The fraction of sp³-hybridized carbons (Fsp3) is 0.714. The highest BCUT2D eigenvalue weighted by atomic mass is 32.2. The van der Waals surface area contributed by atoms with Crippen LogP contribution in [-0.4, -0.2) is 125 Å². The quantitative estimate of drug-likeness (QED) is 0.159. The van der Waals surface area contributed by atoms with Crippen molar-refractivity contribution in [2.24, 2.45) is 0 Å². The number of amides is 2. The molecule has 11 nitrogen and oxygen atoms in total. The van der Waals surface area contributed by atoms with Gasteiger partial charge in [0.05, 0.1) is 77.2 Å². The van der Waals surface area contributed by atoms with Gasteiger partial charge < -0.3 is 44.7 Å². The van der Waals surface area contributed by atoms with Gasteiger partial charge in [0.15, 0.2) is 0 Å². The minimum Gasteiger partial charge on any atom is -0.379 e. The Morgan fingerprint density at radius 1 is 0.872 bits per heavy atom. The number of ether oxygens (including phenoxy) is 4. The van der Waals surface area contributed by atoms with Gasteiger partial charge in [0, 0.05) is 55.8 Å². The summed E-state index contributed by atoms with van der Waals surface area (Å²) in [7, 11) is 0. The van der Waals surface area contributed by atoms with Crippen molar-refractivity contribution in [3.63, 3.8) is 0 Å². The molecule has 3 heterocycles. The third kappa shape index (κ3) is 13.1. The second-order valence-electron chi connectivity index (χ2n) is 12.7. The van der Waals surface area contributed by atoms with E-state index in [1.165, 1.54) is 11.3 Å². The largest absolute Gasteiger partial charge is 0.379 e. The van der Waals surface area contributed by atoms with Crippen LogP contribution < -0.4 is 20.9 Å². The number of benzene rings is 1. The number of piperazine rings is 1. The summed E-state index contributed by atoms with van der Waals surface area (Å²) in [5.41, 5.74) is 2.57. The fourth-order valence-corrected chi connectivity index (χ4v) is 7.64. The molecule has 2 amide bonds. The number of carbonyl (C=O) groups excluding carboxylic acids is 2. The lowest BCUT2D eigenvalue weighted by Crippen LogP contribution is -2.49. The molecular weight excluding hydrogens is 618 g/mol. The maximum Gasteiger partial charge on any atom is 0.225 e. The lowest BCUT2D eigenvalue weighted by Gasteiger charge is -2.36. The standard InChI is InChI=1S/C35H57N5O6S/c1-27(2)29-8-10-30(11-9-29)39-14-16-40(17-15-39)34(42)12-18-43-20-22-45-24-25-46-23-21-44-19-13-36-33(41)7-5-4-6-32-35-31(26-47-32)37-28(3)38-35/h8-11,27,31-32,35,37-38H,3-7,12-26H2,1-2H3,(H,36,41). The summed E-state index contributed by atoms with van der Waals surface area (Å²) in [5.74, 6) is 2.82. The summed E-state index contributed by atoms with van der Waals surface area (Å²) in [6.07, 6.45) is 4.04. The van der Waals surface area contributed by atoms with Crippen molar-refractivity contribution in [3.05, 3.63) is 42.2 Å². The number of hydrogen-bond donors (Lipinski definition) is 3. The van der Waals surface area contributed by atoms with Crippen molar-refractivity contribution >= 4 is 29.3 Å². The van der Waals surface area contributed by atoms with E-state index in [0.717, 1.165) is 57.0 Å². The number of unbranched alkanes of at least 4 members (excludes halogenated alkanes) is 1. The van der Waals surface area contributed by atoms with Gasteiger partial charge >= 0.3 is 0 Å². The number of nitrogens with zero attached hydrogens (tertiary/aromatic N) is 2. The van der Waals surface area contributed by atoms with E-state index in [2.05, 4.69) is 65.5 Å². The number of anilines is 1. The third-order valence-electron chi connectivity index (χ3n) is 8.87. The van der Waals surface area contributed by atoms with Crippen LogP contribution in [0.4, 0.5) is 5.69 Å². The maximum atomic E-state index is 12.6. The van der Waals surface area contributed by atoms with Crippen LogP contribution in [0.25, 0.3) is 0 Å². The molecule has 3 unspecified atom stereocenters. The van der Waals surface area contributed by atoms with Gasteiger partial charge in [0.2, 0.25) is 11.8 Å². The molecule has 47 heavy (non-hydrogen) atoms. The summed E-state index contributed by atoms with van der Waals surface area (Å²) in [6.45, 7) is 15.8. The SMILES string of the molecule is C=C1NC2CSC(CCCCC(=O)NCCOCCOCCOCCOCCC(=O)N3CCN(c4ccc(C(C)C)cc4)CC3)C2N1. The van der Waals surface area contributed by atoms with Gasteiger partial charge in [0.25, 0.3) is 0 Å². The summed E-state index contributed by atoms with van der Waals surface area (Å²) in [6, 6.07) is 9.74. The first-order valence-electron chi connectivity index (χ1n) is 17.4. The average molecular weight is 676 g/mol. The molecule has 0 spiro atoms. The zero-order chi connectivity index (χ0) is 33.3. The van der Waals surface area contributed by atoms with E-state index in [1.807, 2.05) is 16.7 Å². The second-order valence-corrected chi connectivity index (χ2v) is 14.0. The van der Waals surface area contributed by atoms with Crippen molar-refractivity contribution in [2.75, 3.05) is 96.2 Å². The molecule has 0 saturated carbocycles. The van der Waals surface area contributed by atoms with E-state index in [0.29, 0.717) is 95.5 Å². The number of fused-ring (bicyclic) bond motifs is 1. The van der Waals surface area contributed by atoms with E-state index in [-0.39, 0.29) is 11.8 Å². The summed E-state index contributed by atoms with van der Waals surface area (Å²) >= 11 is 2.01. The molecule has 3 atom stereocenters. The number of nitrogens with one attached hydrogen (secondary N) is 3. The van der Waals surface area contributed by atoms with Crippen LogP contribution in [0.1, 0.15) is 57.4 Å². The second kappa shape index (κ2) is 20.8. The topological polar surface area (TPSA) is 114 Å². The summed E-state index contributed by atoms with van der Waals surface area (Å²) in [5, 5.41) is 10.4. The minimum absolute atomic E-state index is 0.0845. The molecule has 3 N–H and O–H groups in total. The molecule has 4 rings (SSSR count). The average Bonchev–Trinajstić information content (AvgIpc) is 3.63. The molecule has 3 aliphatic rings. The third-order valence-corrected chi connectivity index (χ3v) is 10.4. The van der Waals surface area contributed by atoms with E-state index in [4.69, 9.17) is 18.9 Å². The first kappa shape index (κ1) is 37.3. The maximum absolute atomic E-state index is 12.6.